The minimum Gasteiger partial charge on any atom is -0.478 e. The number of nitrogens with one attached hydrogen (secondary N) is 1. The van der Waals surface area contributed by atoms with Crippen LogP contribution < -0.4 is 10.1 Å². The highest BCUT2D eigenvalue weighted by Crippen LogP contribution is 2.18. The van der Waals surface area contributed by atoms with Gasteiger partial charge in [-0.15, -0.1) is 24.0 Å². The van der Waals surface area contributed by atoms with Crippen LogP contribution in [0.4, 0.5) is 0 Å². The summed E-state index contributed by atoms with van der Waals surface area (Å²) in [6.45, 7) is 10.7. The zero-order valence-electron chi connectivity index (χ0n) is 14.4. The van der Waals surface area contributed by atoms with Crippen LogP contribution in [-0.4, -0.2) is 42.1 Å². The Hall–Kier alpha value is -1.05. The first kappa shape index (κ1) is 20.0. The molecular weight excluding hydrogens is 403 g/mol. The van der Waals surface area contributed by atoms with Crippen molar-refractivity contribution in [3.8, 4) is 5.88 Å². The topological polar surface area (TPSA) is 49.8 Å². The molecule has 1 aromatic heterocycles. The lowest BCUT2D eigenvalue weighted by atomic mass is 10.00. The van der Waals surface area contributed by atoms with Crippen molar-refractivity contribution in [3.63, 3.8) is 0 Å². The summed E-state index contributed by atoms with van der Waals surface area (Å²) in [7, 11) is 0. The lowest BCUT2D eigenvalue weighted by Crippen LogP contribution is -2.45. The lowest BCUT2D eigenvalue weighted by molar-refractivity contribution is 0.273. The average molecular weight is 432 g/mol. The van der Waals surface area contributed by atoms with Gasteiger partial charge in [-0.05, 0) is 38.7 Å². The molecule has 130 valence electrons. The van der Waals surface area contributed by atoms with Crippen LogP contribution >= 0.6 is 24.0 Å². The monoisotopic (exact) mass is 432 g/mol. The molecule has 0 spiro atoms. The molecule has 2 rings (SSSR count). The van der Waals surface area contributed by atoms with Crippen molar-refractivity contribution >= 4 is 29.9 Å². The van der Waals surface area contributed by atoms with Crippen LogP contribution in [0.5, 0.6) is 5.88 Å². The molecule has 0 bridgehead atoms. The van der Waals surface area contributed by atoms with Gasteiger partial charge in [0.25, 0.3) is 0 Å². The van der Waals surface area contributed by atoms with Crippen molar-refractivity contribution in [1.29, 1.82) is 0 Å². The highest BCUT2D eigenvalue weighted by molar-refractivity contribution is 14.0. The predicted octanol–water partition coefficient (Wildman–Crippen LogP) is 3.30. The molecule has 0 aromatic carbocycles. The van der Waals surface area contributed by atoms with E-state index >= 15 is 0 Å². The second-order valence-corrected chi connectivity index (χ2v) is 5.74. The van der Waals surface area contributed by atoms with E-state index < -0.39 is 0 Å². The molecule has 6 heteroatoms. The maximum Gasteiger partial charge on any atom is 0.218 e. The summed E-state index contributed by atoms with van der Waals surface area (Å²) in [5.74, 6) is 2.51. The number of nitrogens with zero attached hydrogens (tertiary/aromatic N) is 3. The Morgan fingerprint density at radius 2 is 2.13 bits per heavy atom. The fourth-order valence-electron chi connectivity index (χ4n) is 2.62. The second kappa shape index (κ2) is 10.7. The van der Waals surface area contributed by atoms with E-state index in [0.29, 0.717) is 19.0 Å². The zero-order chi connectivity index (χ0) is 15.8. The van der Waals surface area contributed by atoms with Gasteiger partial charge >= 0.3 is 0 Å². The third-order valence-corrected chi connectivity index (χ3v) is 3.95. The summed E-state index contributed by atoms with van der Waals surface area (Å²) in [4.78, 5) is 11.4. The largest absolute Gasteiger partial charge is 0.478 e. The molecule has 1 N–H and O–H groups in total. The first-order valence-electron chi connectivity index (χ1n) is 8.34. The van der Waals surface area contributed by atoms with Gasteiger partial charge < -0.3 is 15.0 Å². The van der Waals surface area contributed by atoms with E-state index in [-0.39, 0.29) is 24.0 Å². The molecule has 0 atom stereocenters. The van der Waals surface area contributed by atoms with Gasteiger partial charge in [0.05, 0.1) is 13.2 Å². The molecule has 1 fully saturated rings. The van der Waals surface area contributed by atoms with Crippen LogP contribution in [0.1, 0.15) is 39.2 Å². The normalized spacial score (nSPS) is 16.0. The van der Waals surface area contributed by atoms with Gasteiger partial charge in [-0.25, -0.2) is 9.98 Å². The maximum absolute atomic E-state index is 5.57. The highest BCUT2D eigenvalue weighted by atomic mass is 127. The fraction of sp³-hybridized carbons (Fsp3) is 0.647. The van der Waals surface area contributed by atoms with E-state index in [9.17, 15) is 0 Å². The minimum atomic E-state index is 0. The number of hydrogen-bond donors (Lipinski definition) is 1. The second-order valence-electron chi connectivity index (χ2n) is 5.74. The van der Waals surface area contributed by atoms with Crippen LogP contribution in [0.15, 0.2) is 23.3 Å². The van der Waals surface area contributed by atoms with E-state index in [2.05, 4.69) is 29.0 Å². The number of hydrogen-bond acceptors (Lipinski definition) is 3. The molecule has 5 nitrogen and oxygen atoms in total. The summed E-state index contributed by atoms with van der Waals surface area (Å²) in [6, 6.07) is 3.96. The first-order chi connectivity index (χ1) is 10.7. The Morgan fingerprint density at radius 3 is 2.78 bits per heavy atom. The molecule has 23 heavy (non-hydrogen) atoms. The Bertz CT molecular complexity index is 487. The molecule has 2 heterocycles. The Kier molecular flexibility index (Phi) is 9.28. The van der Waals surface area contributed by atoms with Gasteiger partial charge in [0.1, 0.15) is 0 Å². The van der Waals surface area contributed by atoms with E-state index in [1.165, 1.54) is 12.8 Å². The van der Waals surface area contributed by atoms with E-state index in [4.69, 9.17) is 9.73 Å². The molecular formula is C17H29IN4O. The van der Waals surface area contributed by atoms with Gasteiger partial charge in [-0.3, -0.25) is 0 Å². The minimum absolute atomic E-state index is 0. The number of likely N-dealkylation sites (tertiary alicyclic amines) is 1. The molecule has 1 saturated heterocycles. The number of ether oxygens (including phenoxy) is 1. The molecule has 0 unspecified atom stereocenters. The summed E-state index contributed by atoms with van der Waals surface area (Å²) in [5.41, 5.74) is 1.03. The number of aliphatic imine (C=N–C) groups is 1. The van der Waals surface area contributed by atoms with Crippen LogP contribution in [-0.2, 0) is 6.54 Å². The summed E-state index contributed by atoms with van der Waals surface area (Å²) < 4.78 is 5.57. The van der Waals surface area contributed by atoms with Crippen molar-refractivity contribution in [2.45, 2.75) is 40.2 Å². The maximum atomic E-state index is 5.57. The van der Waals surface area contributed by atoms with Crippen LogP contribution in [0, 0.1) is 5.92 Å². The van der Waals surface area contributed by atoms with E-state index in [1.807, 2.05) is 19.1 Å². The van der Waals surface area contributed by atoms with Crippen LogP contribution in [0.3, 0.4) is 0 Å². The number of guanidine groups is 1. The average Bonchev–Trinajstić information content (AvgIpc) is 2.54. The predicted molar refractivity (Wildman–Crippen MR) is 106 cm³/mol. The molecule has 1 aliphatic heterocycles. The Balaban J connectivity index is 0.00000264. The Morgan fingerprint density at radius 1 is 1.39 bits per heavy atom. The van der Waals surface area contributed by atoms with E-state index in [1.54, 1.807) is 6.20 Å². The molecule has 1 aromatic rings. The third-order valence-electron chi connectivity index (χ3n) is 3.95. The van der Waals surface area contributed by atoms with Crippen molar-refractivity contribution in [3.05, 3.63) is 23.9 Å². The number of rotatable bonds is 5. The van der Waals surface area contributed by atoms with Crippen molar-refractivity contribution in [2.24, 2.45) is 10.9 Å². The molecule has 0 aliphatic carbocycles. The first-order valence-corrected chi connectivity index (χ1v) is 8.34. The van der Waals surface area contributed by atoms with Gasteiger partial charge in [0.2, 0.25) is 5.88 Å². The number of piperidine rings is 1. The van der Waals surface area contributed by atoms with Crippen LogP contribution in [0.2, 0.25) is 0 Å². The van der Waals surface area contributed by atoms with Crippen LogP contribution in [0.25, 0.3) is 0 Å². The van der Waals surface area contributed by atoms with Gasteiger partial charge in [0.15, 0.2) is 5.96 Å². The van der Waals surface area contributed by atoms with Gasteiger partial charge in [-0.1, -0.05) is 13.0 Å². The zero-order valence-corrected chi connectivity index (χ0v) is 16.7. The number of aromatic nitrogens is 1. The number of pyridine rings is 1. The van der Waals surface area contributed by atoms with Crippen molar-refractivity contribution < 1.29 is 4.74 Å². The molecule has 0 radical (unpaired) electrons. The Labute approximate surface area is 156 Å². The van der Waals surface area contributed by atoms with Crippen molar-refractivity contribution in [1.82, 2.24) is 15.2 Å². The van der Waals surface area contributed by atoms with Gasteiger partial charge in [0, 0.05) is 31.4 Å². The van der Waals surface area contributed by atoms with E-state index in [0.717, 1.165) is 37.1 Å². The smallest absolute Gasteiger partial charge is 0.218 e. The third kappa shape index (κ3) is 6.16. The summed E-state index contributed by atoms with van der Waals surface area (Å²) >= 11 is 0. The standard InChI is InChI=1S/C17H28N4O.HI/c1-4-18-17(21-11-8-14(3)9-12-21)20-13-15-7-6-10-19-16(15)22-5-2;/h6-7,10,14H,4-5,8-9,11-13H2,1-3H3,(H,18,20);1H. The highest BCUT2D eigenvalue weighted by Gasteiger charge is 2.18. The summed E-state index contributed by atoms with van der Waals surface area (Å²) in [6.07, 6.45) is 4.23. The lowest BCUT2D eigenvalue weighted by Gasteiger charge is -2.33. The number of halogens is 1. The summed E-state index contributed by atoms with van der Waals surface area (Å²) in [5, 5.41) is 3.40. The fourth-order valence-corrected chi connectivity index (χ4v) is 2.62. The molecule has 0 saturated carbocycles. The van der Waals surface area contributed by atoms with Gasteiger partial charge in [-0.2, -0.15) is 0 Å². The molecule has 1 aliphatic rings. The SMILES string of the molecule is CCNC(=NCc1cccnc1OCC)N1CCC(C)CC1.I. The quantitative estimate of drug-likeness (QED) is 0.441. The molecule has 0 amide bonds. The van der Waals surface area contributed by atoms with Crippen molar-refractivity contribution in [2.75, 3.05) is 26.2 Å².